The second kappa shape index (κ2) is 5.09. The third-order valence-electron chi connectivity index (χ3n) is 2.39. The summed E-state index contributed by atoms with van der Waals surface area (Å²) in [5.74, 6) is 1.19. The van der Waals surface area contributed by atoms with E-state index in [-0.39, 0.29) is 12.0 Å². The van der Waals surface area contributed by atoms with Crippen LogP contribution < -0.4 is 11.1 Å². The van der Waals surface area contributed by atoms with Crippen molar-refractivity contribution in [3.05, 3.63) is 28.7 Å². The molecule has 0 amide bonds. The summed E-state index contributed by atoms with van der Waals surface area (Å²) in [5, 5.41) is 5.35. The van der Waals surface area contributed by atoms with Crippen molar-refractivity contribution in [1.82, 2.24) is 15.0 Å². The molecule has 0 spiro atoms. The van der Waals surface area contributed by atoms with Crippen molar-refractivity contribution >= 4 is 23.2 Å². The summed E-state index contributed by atoms with van der Waals surface area (Å²) in [4.78, 5) is 13.2. The number of nitrogens with zero attached hydrogens (tertiary/aromatic N) is 3. The van der Waals surface area contributed by atoms with Crippen LogP contribution in [0.25, 0.3) is 0 Å². The van der Waals surface area contributed by atoms with Gasteiger partial charge in [-0.2, -0.15) is 4.98 Å². The molecule has 0 saturated heterocycles. The maximum Gasteiger partial charge on any atom is 0.227 e. The maximum absolute atomic E-state index is 5.53. The average Bonchev–Trinajstić information content (AvgIpc) is 2.78. The Kier molecular flexibility index (Phi) is 3.53. The van der Waals surface area contributed by atoms with E-state index >= 15 is 0 Å². The zero-order chi connectivity index (χ0) is 12.3. The van der Waals surface area contributed by atoms with Gasteiger partial charge in [-0.05, 0) is 17.4 Å². The Hall–Kier alpha value is -1.69. The first kappa shape index (κ1) is 11.8. The largest absolute Gasteiger partial charge is 0.368 e. The first-order valence-electron chi connectivity index (χ1n) is 5.41. The fourth-order valence-electron chi connectivity index (χ4n) is 1.55. The molecule has 0 radical (unpaired) electrons. The van der Waals surface area contributed by atoms with Crippen molar-refractivity contribution in [2.75, 3.05) is 11.1 Å². The van der Waals surface area contributed by atoms with Crippen LogP contribution in [0.15, 0.2) is 23.8 Å². The van der Waals surface area contributed by atoms with Crippen LogP contribution in [0.1, 0.15) is 24.8 Å². The van der Waals surface area contributed by atoms with E-state index in [0.717, 1.165) is 0 Å². The molecule has 6 heteroatoms. The van der Waals surface area contributed by atoms with Gasteiger partial charge in [-0.1, -0.05) is 19.9 Å². The van der Waals surface area contributed by atoms with Crippen molar-refractivity contribution in [3.8, 4) is 0 Å². The van der Waals surface area contributed by atoms with Crippen LogP contribution >= 0.6 is 11.3 Å². The lowest BCUT2D eigenvalue weighted by molar-refractivity contribution is 0.550. The Morgan fingerprint density at radius 3 is 2.76 bits per heavy atom. The molecule has 1 atom stereocenters. The molecule has 0 bridgehead atoms. The van der Waals surface area contributed by atoms with Crippen LogP contribution in [0.2, 0.25) is 0 Å². The lowest BCUT2D eigenvalue weighted by Gasteiger charge is -2.20. The van der Waals surface area contributed by atoms with Crippen LogP contribution in [-0.4, -0.2) is 15.0 Å². The van der Waals surface area contributed by atoms with Gasteiger partial charge in [-0.15, -0.1) is 11.3 Å². The molecule has 2 aromatic rings. The van der Waals surface area contributed by atoms with Crippen LogP contribution in [0.4, 0.5) is 11.9 Å². The van der Waals surface area contributed by atoms with E-state index < -0.39 is 0 Å². The molecular formula is C11H15N5S. The van der Waals surface area contributed by atoms with Gasteiger partial charge < -0.3 is 11.1 Å². The molecule has 0 saturated carbocycles. The summed E-state index contributed by atoms with van der Waals surface area (Å²) in [6.45, 7) is 4.31. The highest BCUT2D eigenvalue weighted by Gasteiger charge is 2.17. The second-order valence-corrected chi connectivity index (χ2v) is 5.03. The minimum absolute atomic E-state index is 0.191. The Balaban J connectivity index is 2.19. The van der Waals surface area contributed by atoms with E-state index in [1.54, 1.807) is 11.3 Å². The highest BCUT2D eigenvalue weighted by atomic mass is 32.1. The first-order chi connectivity index (χ1) is 8.16. The number of nitrogen functional groups attached to an aromatic ring is 1. The molecule has 0 aromatic carbocycles. The zero-order valence-electron chi connectivity index (χ0n) is 9.79. The molecule has 0 aliphatic rings. The predicted molar refractivity (Wildman–Crippen MR) is 69.8 cm³/mol. The molecule has 0 fully saturated rings. The van der Waals surface area contributed by atoms with Gasteiger partial charge in [0.05, 0.1) is 6.04 Å². The van der Waals surface area contributed by atoms with Crippen molar-refractivity contribution in [1.29, 1.82) is 0 Å². The van der Waals surface area contributed by atoms with Gasteiger partial charge in [0.25, 0.3) is 0 Å². The summed E-state index contributed by atoms with van der Waals surface area (Å²) in [5.41, 5.74) is 5.53. The van der Waals surface area contributed by atoms with Crippen LogP contribution in [0.5, 0.6) is 0 Å². The van der Waals surface area contributed by atoms with Crippen LogP contribution in [0, 0.1) is 5.92 Å². The van der Waals surface area contributed by atoms with E-state index in [4.69, 9.17) is 5.73 Å². The Morgan fingerprint density at radius 2 is 2.18 bits per heavy atom. The fourth-order valence-corrected chi connectivity index (χ4v) is 2.50. The predicted octanol–water partition coefficient (Wildman–Crippen LogP) is 2.32. The summed E-state index contributed by atoms with van der Waals surface area (Å²) >= 11 is 1.72. The Labute approximate surface area is 104 Å². The highest BCUT2D eigenvalue weighted by molar-refractivity contribution is 7.10. The molecular weight excluding hydrogens is 234 g/mol. The second-order valence-electron chi connectivity index (χ2n) is 4.05. The standard InChI is InChI=1S/C11H15N5S/c1-7(2)9(8-4-3-5-17-8)15-11-14-6-13-10(12)16-11/h3-7,9H,1-2H3,(H3,12,13,14,15,16). The van der Waals surface area contributed by atoms with Gasteiger partial charge in [0.1, 0.15) is 6.33 Å². The number of nitrogens with two attached hydrogens (primary N) is 1. The minimum Gasteiger partial charge on any atom is -0.368 e. The number of anilines is 2. The molecule has 3 N–H and O–H groups in total. The minimum atomic E-state index is 0.191. The average molecular weight is 249 g/mol. The molecule has 1 unspecified atom stereocenters. The van der Waals surface area contributed by atoms with Crippen molar-refractivity contribution in [3.63, 3.8) is 0 Å². The van der Waals surface area contributed by atoms with E-state index in [0.29, 0.717) is 11.9 Å². The molecule has 2 aromatic heterocycles. The van der Waals surface area contributed by atoms with Gasteiger partial charge in [0.2, 0.25) is 11.9 Å². The van der Waals surface area contributed by atoms with Gasteiger partial charge in [-0.25, -0.2) is 9.97 Å². The quantitative estimate of drug-likeness (QED) is 0.869. The normalized spacial score (nSPS) is 12.6. The highest BCUT2D eigenvalue weighted by Crippen LogP contribution is 2.28. The van der Waals surface area contributed by atoms with Crippen molar-refractivity contribution in [2.45, 2.75) is 19.9 Å². The van der Waals surface area contributed by atoms with Gasteiger partial charge in [0.15, 0.2) is 0 Å². The molecule has 17 heavy (non-hydrogen) atoms. The number of hydrogen-bond acceptors (Lipinski definition) is 6. The third kappa shape index (κ3) is 2.91. The molecule has 2 rings (SSSR count). The molecule has 0 aliphatic heterocycles. The molecule has 2 heterocycles. The Morgan fingerprint density at radius 1 is 1.35 bits per heavy atom. The van der Waals surface area contributed by atoms with Crippen molar-refractivity contribution < 1.29 is 0 Å². The Bertz CT molecular complexity index is 468. The van der Waals surface area contributed by atoms with Gasteiger partial charge >= 0.3 is 0 Å². The zero-order valence-corrected chi connectivity index (χ0v) is 10.6. The summed E-state index contributed by atoms with van der Waals surface area (Å²) in [7, 11) is 0. The van der Waals surface area contributed by atoms with Crippen LogP contribution in [0.3, 0.4) is 0 Å². The van der Waals surface area contributed by atoms with Crippen molar-refractivity contribution in [2.24, 2.45) is 5.92 Å². The summed E-state index contributed by atoms with van der Waals surface area (Å²) in [6, 6.07) is 4.34. The SMILES string of the molecule is CC(C)C(Nc1ncnc(N)n1)c1cccs1. The maximum atomic E-state index is 5.53. The lowest BCUT2D eigenvalue weighted by Crippen LogP contribution is -2.17. The van der Waals surface area contributed by atoms with E-state index in [2.05, 4.69) is 45.6 Å². The molecule has 5 nitrogen and oxygen atoms in total. The summed E-state index contributed by atoms with van der Waals surface area (Å²) in [6.07, 6.45) is 1.41. The monoisotopic (exact) mass is 249 g/mol. The van der Waals surface area contributed by atoms with E-state index in [1.165, 1.54) is 11.2 Å². The number of rotatable bonds is 4. The van der Waals surface area contributed by atoms with Gasteiger partial charge in [0, 0.05) is 4.88 Å². The van der Waals surface area contributed by atoms with E-state index in [9.17, 15) is 0 Å². The molecule has 0 aliphatic carbocycles. The smallest absolute Gasteiger partial charge is 0.227 e. The number of nitrogens with one attached hydrogen (secondary N) is 1. The number of aromatic nitrogens is 3. The lowest BCUT2D eigenvalue weighted by atomic mass is 10.0. The third-order valence-corrected chi connectivity index (χ3v) is 3.35. The topological polar surface area (TPSA) is 76.7 Å². The number of thiophene rings is 1. The number of hydrogen-bond donors (Lipinski definition) is 2. The van der Waals surface area contributed by atoms with E-state index in [1.807, 2.05) is 6.07 Å². The molecule has 90 valence electrons. The van der Waals surface area contributed by atoms with Gasteiger partial charge in [-0.3, -0.25) is 0 Å². The first-order valence-corrected chi connectivity index (χ1v) is 6.29. The fraction of sp³-hybridized carbons (Fsp3) is 0.364. The van der Waals surface area contributed by atoms with Crippen LogP contribution in [-0.2, 0) is 0 Å². The summed E-state index contributed by atoms with van der Waals surface area (Å²) < 4.78 is 0.